The molecule has 0 aromatic carbocycles. The van der Waals surface area contributed by atoms with E-state index in [1.54, 1.807) is 0 Å². The Morgan fingerprint density at radius 1 is 1.11 bits per heavy atom. The molecule has 3 aliphatic rings. The molecule has 0 radical (unpaired) electrons. The summed E-state index contributed by atoms with van der Waals surface area (Å²) in [6, 6.07) is -0.307. The summed E-state index contributed by atoms with van der Waals surface area (Å²) < 4.78 is 0. The molecule has 0 aromatic rings. The molecule has 2 heterocycles. The van der Waals surface area contributed by atoms with E-state index in [-0.39, 0.29) is 18.0 Å². The minimum Gasteiger partial charge on any atom is -0.275 e. The molecule has 2 saturated heterocycles. The van der Waals surface area contributed by atoms with Crippen LogP contribution in [0.4, 0.5) is 4.79 Å². The zero-order chi connectivity index (χ0) is 13.8. The van der Waals surface area contributed by atoms with Crippen molar-refractivity contribution in [2.45, 2.75) is 58.0 Å². The first kappa shape index (κ1) is 12.6. The number of barbiturate groups is 1. The lowest BCUT2D eigenvalue weighted by Gasteiger charge is -2.46. The molecule has 2 unspecified atom stereocenters. The molecule has 2 aliphatic heterocycles. The largest absolute Gasteiger partial charge is 0.345 e. The predicted octanol–water partition coefficient (Wildman–Crippen LogP) is 1.02. The molecule has 0 aromatic heterocycles. The molecular weight excluding hydrogens is 246 g/mol. The highest BCUT2D eigenvalue weighted by molar-refractivity contribution is 6.20. The van der Waals surface area contributed by atoms with Crippen molar-refractivity contribution >= 4 is 17.8 Å². The number of carbonyl (C=O) groups is 3. The van der Waals surface area contributed by atoms with Crippen LogP contribution in [-0.4, -0.2) is 39.9 Å². The van der Waals surface area contributed by atoms with Gasteiger partial charge in [-0.3, -0.25) is 14.9 Å². The lowest BCUT2D eigenvalue weighted by atomic mass is 9.98. The predicted molar refractivity (Wildman–Crippen MR) is 66.7 cm³/mol. The van der Waals surface area contributed by atoms with E-state index in [9.17, 15) is 14.4 Å². The molecule has 3 rings (SSSR count). The highest BCUT2D eigenvalue weighted by Crippen LogP contribution is 2.49. The summed E-state index contributed by atoms with van der Waals surface area (Å²) in [7, 11) is 0. The normalized spacial score (nSPS) is 34.6. The fourth-order valence-corrected chi connectivity index (χ4v) is 3.24. The summed E-state index contributed by atoms with van der Waals surface area (Å²) in [5, 5.41) is 5.39. The van der Waals surface area contributed by atoms with Gasteiger partial charge in [-0.05, 0) is 39.5 Å². The van der Waals surface area contributed by atoms with Gasteiger partial charge in [0.2, 0.25) is 5.91 Å². The van der Waals surface area contributed by atoms with Gasteiger partial charge in [0.1, 0.15) is 5.41 Å². The van der Waals surface area contributed by atoms with Crippen LogP contribution >= 0.6 is 0 Å². The number of piperidine rings is 1. The van der Waals surface area contributed by atoms with E-state index < -0.39 is 17.4 Å². The maximum Gasteiger partial charge on any atom is 0.345 e. The van der Waals surface area contributed by atoms with Crippen molar-refractivity contribution in [3.05, 3.63) is 0 Å². The Kier molecular flexibility index (Phi) is 2.67. The van der Waals surface area contributed by atoms with Crippen LogP contribution in [-0.2, 0) is 9.59 Å². The topological polar surface area (TPSA) is 69.7 Å². The number of hydrazine groups is 1. The molecule has 6 nitrogen and oxygen atoms in total. The van der Waals surface area contributed by atoms with Crippen LogP contribution in [0.3, 0.4) is 0 Å². The molecule has 1 aliphatic carbocycles. The molecule has 2 atom stereocenters. The van der Waals surface area contributed by atoms with Crippen LogP contribution in [0, 0.1) is 5.41 Å². The molecule has 1 N–H and O–H groups in total. The summed E-state index contributed by atoms with van der Waals surface area (Å²) in [6.07, 6.45) is 4.13. The number of rotatable bonds is 1. The monoisotopic (exact) mass is 265 g/mol. The molecule has 4 amide bonds. The second-order valence-corrected chi connectivity index (χ2v) is 5.97. The van der Waals surface area contributed by atoms with Crippen molar-refractivity contribution in [1.29, 1.82) is 0 Å². The number of amides is 4. The van der Waals surface area contributed by atoms with Gasteiger partial charge in [-0.25, -0.2) is 9.80 Å². The summed E-state index contributed by atoms with van der Waals surface area (Å²) in [4.78, 5) is 36.4. The minimum absolute atomic E-state index is 0.141. The Bertz CT molecular complexity index is 448. The van der Waals surface area contributed by atoms with Crippen molar-refractivity contribution in [3.8, 4) is 0 Å². The zero-order valence-corrected chi connectivity index (χ0v) is 11.3. The molecule has 0 bridgehead atoms. The Labute approximate surface area is 112 Å². The molecule has 19 heavy (non-hydrogen) atoms. The molecule has 6 heteroatoms. The van der Waals surface area contributed by atoms with Crippen LogP contribution in [0.25, 0.3) is 0 Å². The van der Waals surface area contributed by atoms with Crippen LogP contribution in [0.5, 0.6) is 0 Å². The highest BCUT2D eigenvalue weighted by Gasteiger charge is 2.63. The van der Waals surface area contributed by atoms with Gasteiger partial charge in [-0.1, -0.05) is 6.42 Å². The standard InChI is InChI=1S/C13H19N3O3/c1-8-4-3-5-9(2)15(8)16-11(18)13(6-7-13)10(17)14-12(16)19/h8-9H,3-7H2,1-2H3,(H,14,17,19). The second kappa shape index (κ2) is 4.03. The molecule has 1 spiro atoms. The number of nitrogens with one attached hydrogen (secondary N) is 1. The molecule has 3 fully saturated rings. The molecule has 1 saturated carbocycles. The number of urea groups is 1. The fraction of sp³-hybridized carbons (Fsp3) is 0.769. The van der Waals surface area contributed by atoms with Gasteiger partial charge in [0.15, 0.2) is 0 Å². The zero-order valence-electron chi connectivity index (χ0n) is 11.3. The second-order valence-electron chi connectivity index (χ2n) is 5.97. The first-order valence-electron chi connectivity index (χ1n) is 6.95. The van der Waals surface area contributed by atoms with Crippen molar-refractivity contribution in [1.82, 2.24) is 15.3 Å². The van der Waals surface area contributed by atoms with Crippen LogP contribution in [0.1, 0.15) is 46.0 Å². The quantitative estimate of drug-likeness (QED) is 0.719. The lowest BCUT2D eigenvalue weighted by molar-refractivity contribution is -0.165. The first-order chi connectivity index (χ1) is 8.97. The molecular formula is C13H19N3O3. The van der Waals surface area contributed by atoms with E-state index in [0.29, 0.717) is 12.8 Å². The third-order valence-electron chi connectivity index (χ3n) is 4.58. The Morgan fingerprint density at radius 2 is 1.68 bits per heavy atom. The number of carbonyl (C=O) groups excluding carboxylic acids is 3. The van der Waals surface area contributed by atoms with Gasteiger partial charge in [0, 0.05) is 12.1 Å². The summed E-state index contributed by atoms with van der Waals surface area (Å²) in [6.45, 7) is 4.04. The molecule has 104 valence electrons. The van der Waals surface area contributed by atoms with E-state index >= 15 is 0 Å². The van der Waals surface area contributed by atoms with E-state index in [4.69, 9.17) is 0 Å². The van der Waals surface area contributed by atoms with E-state index in [1.807, 2.05) is 18.9 Å². The summed E-state index contributed by atoms with van der Waals surface area (Å²) in [5.41, 5.74) is -0.954. The average molecular weight is 265 g/mol. The van der Waals surface area contributed by atoms with Gasteiger partial charge in [-0.2, -0.15) is 5.01 Å². The van der Waals surface area contributed by atoms with Crippen LogP contribution in [0.2, 0.25) is 0 Å². The summed E-state index contributed by atoms with van der Waals surface area (Å²) in [5.74, 6) is -0.752. The first-order valence-corrected chi connectivity index (χ1v) is 6.95. The third-order valence-corrected chi connectivity index (χ3v) is 4.58. The van der Waals surface area contributed by atoms with Gasteiger partial charge < -0.3 is 0 Å². The number of hydrogen-bond donors (Lipinski definition) is 1. The van der Waals surface area contributed by atoms with Crippen LogP contribution in [0.15, 0.2) is 0 Å². The lowest BCUT2D eigenvalue weighted by Crippen LogP contribution is -2.68. The Morgan fingerprint density at radius 3 is 2.21 bits per heavy atom. The highest BCUT2D eigenvalue weighted by atomic mass is 16.2. The van der Waals surface area contributed by atoms with Crippen molar-refractivity contribution in [2.24, 2.45) is 5.41 Å². The van der Waals surface area contributed by atoms with Gasteiger partial charge in [-0.15, -0.1) is 0 Å². The SMILES string of the molecule is CC1CCCC(C)N1N1C(=O)NC(=O)C2(CC2)C1=O. The third kappa shape index (κ3) is 1.69. The van der Waals surface area contributed by atoms with Gasteiger partial charge in [0.05, 0.1) is 0 Å². The van der Waals surface area contributed by atoms with Crippen LogP contribution < -0.4 is 5.32 Å². The Hall–Kier alpha value is -1.43. The maximum absolute atomic E-state index is 12.5. The number of imide groups is 2. The van der Waals surface area contributed by atoms with Gasteiger partial charge >= 0.3 is 6.03 Å². The maximum atomic E-state index is 12.5. The summed E-state index contributed by atoms with van der Waals surface area (Å²) >= 11 is 0. The van der Waals surface area contributed by atoms with Crippen molar-refractivity contribution in [3.63, 3.8) is 0 Å². The van der Waals surface area contributed by atoms with Crippen molar-refractivity contribution in [2.75, 3.05) is 0 Å². The fourth-order valence-electron chi connectivity index (χ4n) is 3.24. The van der Waals surface area contributed by atoms with Crippen molar-refractivity contribution < 1.29 is 14.4 Å². The van der Waals surface area contributed by atoms with E-state index in [2.05, 4.69) is 5.32 Å². The van der Waals surface area contributed by atoms with E-state index in [0.717, 1.165) is 19.3 Å². The average Bonchev–Trinajstić information content (AvgIpc) is 3.12. The van der Waals surface area contributed by atoms with E-state index in [1.165, 1.54) is 5.01 Å². The smallest absolute Gasteiger partial charge is 0.275 e. The number of nitrogens with zero attached hydrogens (tertiary/aromatic N) is 2. The Balaban J connectivity index is 1.92. The minimum atomic E-state index is -0.954. The number of hydrogen-bond acceptors (Lipinski definition) is 4. The van der Waals surface area contributed by atoms with Gasteiger partial charge in [0.25, 0.3) is 5.91 Å².